The molecule has 0 amide bonds. The van der Waals surface area contributed by atoms with Crippen molar-refractivity contribution in [3.05, 3.63) is 188 Å². The van der Waals surface area contributed by atoms with Gasteiger partial charge in [0.05, 0.1) is 0 Å². The molecule has 10 aromatic rings. The first-order chi connectivity index (χ1) is 24.8. The molecule has 10 rings (SSSR count). The Morgan fingerprint density at radius 3 is 1.74 bits per heavy atom. The van der Waals surface area contributed by atoms with E-state index in [1.54, 1.807) is 0 Å². The largest absolute Gasteiger partial charge is 0.456 e. The molecule has 0 aliphatic heterocycles. The van der Waals surface area contributed by atoms with Gasteiger partial charge in [0, 0.05) is 33.9 Å². The SMILES string of the molecule is c1ccc(-c2cccc(N(c3ccc(-c4cc5ccccc5c5ccccc45)cc3)c3ccc4c(c3)oc3cc5ccccc5cc34)c2)cc1. The molecule has 1 heterocycles. The van der Waals surface area contributed by atoms with Crippen LogP contribution in [0.2, 0.25) is 0 Å². The van der Waals surface area contributed by atoms with Crippen LogP contribution < -0.4 is 4.90 Å². The summed E-state index contributed by atoms with van der Waals surface area (Å²) in [5, 5.41) is 9.70. The van der Waals surface area contributed by atoms with Gasteiger partial charge in [-0.25, -0.2) is 0 Å². The summed E-state index contributed by atoms with van der Waals surface area (Å²) in [4.78, 5) is 2.33. The third-order valence-corrected chi connectivity index (χ3v) is 10.00. The Labute approximate surface area is 290 Å². The number of furan rings is 1. The highest BCUT2D eigenvalue weighted by atomic mass is 16.3. The average Bonchev–Trinajstić information content (AvgIpc) is 3.54. The maximum Gasteiger partial charge on any atom is 0.137 e. The molecule has 0 atom stereocenters. The van der Waals surface area contributed by atoms with Crippen LogP contribution in [0.25, 0.3) is 76.5 Å². The summed E-state index contributed by atoms with van der Waals surface area (Å²) < 4.78 is 6.54. The summed E-state index contributed by atoms with van der Waals surface area (Å²) in [5.74, 6) is 0. The van der Waals surface area contributed by atoms with E-state index in [-0.39, 0.29) is 0 Å². The smallest absolute Gasteiger partial charge is 0.137 e. The molecule has 0 aliphatic rings. The zero-order chi connectivity index (χ0) is 33.0. The normalized spacial score (nSPS) is 11.6. The van der Waals surface area contributed by atoms with Gasteiger partial charge in [0.2, 0.25) is 0 Å². The lowest BCUT2D eigenvalue weighted by molar-refractivity contribution is 0.669. The molecule has 0 unspecified atom stereocenters. The van der Waals surface area contributed by atoms with Gasteiger partial charge in [0.1, 0.15) is 11.2 Å². The summed E-state index contributed by atoms with van der Waals surface area (Å²) in [5.41, 5.74) is 9.75. The second-order valence-electron chi connectivity index (χ2n) is 13.0. The van der Waals surface area contributed by atoms with Gasteiger partial charge in [0.25, 0.3) is 0 Å². The standard InChI is InChI=1S/C48H31NO/c1-2-11-32(12-3-1)34-16-10-17-39(27-34)49(40-25-26-44-46-28-35-13-4-5-14-36(35)30-47(46)50-48(44)31-40)38-23-21-33(22-24-38)45-29-37-15-6-7-18-41(37)42-19-8-9-20-43(42)45/h1-31H. The minimum atomic E-state index is 0.872. The van der Waals surface area contributed by atoms with Crippen molar-refractivity contribution in [2.75, 3.05) is 4.90 Å². The highest BCUT2D eigenvalue weighted by Gasteiger charge is 2.17. The van der Waals surface area contributed by atoms with Crippen LogP contribution in [-0.2, 0) is 0 Å². The van der Waals surface area contributed by atoms with Gasteiger partial charge in [0.15, 0.2) is 0 Å². The van der Waals surface area contributed by atoms with Gasteiger partial charge in [-0.3, -0.25) is 0 Å². The first-order valence-corrected chi connectivity index (χ1v) is 17.1. The lowest BCUT2D eigenvalue weighted by Gasteiger charge is -2.26. The fraction of sp³-hybridized carbons (Fsp3) is 0. The van der Waals surface area contributed by atoms with Gasteiger partial charge in [-0.15, -0.1) is 0 Å². The van der Waals surface area contributed by atoms with Crippen LogP contribution in [0.1, 0.15) is 0 Å². The maximum absolute atomic E-state index is 6.54. The number of hydrogen-bond acceptors (Lipinski definition) is 2. The molecule has 0 radical (unpaired) electrons. The lowest BCUT2D eigenvalue weighted by Crippen LogP contribution is -2.10. The van der Waals surface area contributed by atoms with Crippen LogP contribution in [0.3, 0.4) is 0 Å². The second kappa shape index (κ2) is 11.5. The van der Waals surface area contributed by atoms with E-state index in [4.69, 9.17) is 4.42 Å². The van der Waals surface area contributed by atoms with Gasteiger partial charge in [-0.2, -0.15) is 0 Å². The molecule has 9 aromatic carbocycles. The number of anilines is 3. The van der Waals surface area contributed by atoms with E-state index in [1.165, 1.54) is 54.6 Å². The van der Waals surface area contributed by atoms with Gasteiger partial charge >= 0.3 is 0 Å². The molecular formula is C48H31NO. The van der Waals surface area contributed by atoms with Crippen molar-refractivity contribution in [2.24, 2.45) is 0 Å². The summed E-state index contributed by atoms with van der Waals surface area (Å²) in [7, 11) is 0. The number of nitrogens with zero attached hydrogens (tertiary/aromatic N) is 1. The third-order valence-electron chi connectivity index (χ3n) is 10.00. The number of hydrogen-bond donors (Lipinski definition) is 0. The molecule has 2 heteroatoms. The molecule has 0 bridgehead atoms. The molecule has 2 nitrogen and oxygen atoms in total. The monoisotopic (exact) mass is 637 g/mol. The van der Waals surface area contributed by atoms with Crippen molar-refractivity contribution in [1.29, 1.82) is 0 Å². The van der Waals surface area contributed by atoms with E-state index in [1.807, 2.05) is 0 Å². The molecular weight excluding hydrogens is 607 g/mol. The van der Waals surface area contributed by atoms with Crippen molar-refractivity contribution >= 4 is 71.3 Å². The minimum absolute atomic E-state index is 0.872. The Balaban J connectivity index is 1.13. The second-order valence-corrected chi connectivity index (χ2v) is 13.0. The van der Waals surface area contributed by atoms with E-state index >= 15 is 0 Å². The van der Waals surface area contributed by atoms with Crippen molar-refractivity contribution in [3.8, 4) is 22.3 Å². The molecule has 0 spiro atoms. The van der Waals surface area contributed by atoms with Crippen LogP contribution in [0.15, 0.2) is 192 Å². The molecule has 0 N–H and O–H groups in total. The van der Waals surface area contributed by atoms with Crippen LogP contribution in [0, 0.1) is 0 Å². The van der Waals surface area contributed by atoms with Crippen molar-refractivity contribution in [3.63, 3.8) is 0 Å². The molecule has 0 fully saturated rings. The number of fused-ring (bicyclic) bond motifs is 7. The summed E-state index contributed by atoms with van der Waals surface area (Å²) in [6, 6.07) is 67.5. The Hall–Kier alpha value is -6.64. The Morgan fingerprint density at radius 2 is 0.920 bits per heavy atom. The average molecular weight is 638 g/mol. The zero-order valence-corrected chi connectivity index (χ0v) is 27.3. The summed E-state index contributed by atoms with van der Waals surface area (Å²) >= 11 is 0. The van der Waals surface area contributed by atoms with Crippen LogP contribution in [-0.4, -0.2) is 0 Å². The maximum atomic E-state index is 6.54. The summed E-state index contributed by atoms with van der Waals surface area (Å²) in [6.07, 6.45) is 0. The molecule has 0 aliphatic carbocycles. The van der Waals surface area contributed by atoms with Crippen LogP contribution in [0.4, 0.5) is 17.1 Å². The Kier molecular flexibility index (Phi) is 6.53. The molecule has 1 aromatic heterocycles. The van der Waals surface area contributed by atoms with Gasteiger partial charge in [-0.1, -0.05) is 127 Å². The van der Waals surface area contributed by atoms with Crippen molar-refractivity contribution < 1.29 is 4.42 Å². The Bertz CT molecular complexity index is 2870. The molecule has 234 valence electrons. The van der Waals surface area contributed by atoms with E-state index < -0.39 is 0 Å². The van der Waals surface area contributed by atoms with Gasteiger partial charge in [-0.05, 0) is 109 Å². The number of rotatable bonds is 5. The molecule has 50 heavy (non-hydrogen) atoms. The highest BCUT2D eigenvalue weighted by Crippen LogP contribution is 2.42. The van der Waals surface area contributed by atoms with E-state index in [0.717, 1.165) is 39.0 Å². The van der Waals surface area contributed by atoms with Crippen molar-refractivity contribution in [1.82, 2.24) is 0 Å². The fourth-order valence-corrected chi connectivity index (χ4v) is 7.58. The predicted molar refractivity (Wildman–Crippen MR) is 212 cm³/mol. The van der Waals surface area contributed by atoms with E-state index in [9.17, 15) is 0 Å². The Morgan fingerprint density at radius 1 is 0.300 bits per heavy atom. The van der Waals surface area contributed by atoms with E-state index in [0.29, 0.717) is 0 Å². The summed E-state index contributed by atoms with van der Waals surface area (Å²) in [6.45, 7) is 0. The van der Waals surface area contributed by atoms with Crippen LogP contribution >= 0.6 is 0 Å². The highest BCUT2D eigenvalue weighted by molar-refractivity contribution is 6.14. The predicted octanol–water partition coefficient (Wildman–Crippen LogP) is 13.8. The minimum Gasteiger partial charge on any atom is -0.456 e. The fourth-order valence-electron chi connectivity index (χ4n) is 7.58. The van der Waals surface area contributed by atoms with Crippen LogP contribution in [0.5, 0.6) is 0 Å². The van der Waals surface area contributed by atoms with E-state index in [2.05, 4.69) is 193 Å². The third kappa shape index (κ3) is 4.73. The number of benzene rings is 9. The first kappa shape index (κ1) is 28.4. The topological polar surface area (TPSA) is 16.4 Å². The molecule has 0 saturated heterocycles. The van der Waals surface area contributed by atoms with Crippen molar-refractivity contribution in [2.45, 2.75) is 0 Å². The zero-order valence-electron chi connectivity index (χ0n) is 27.3. The van der Waals surface area contributed by atoms with Gasteiger partial charge < -0.3 is 9.32 Å². The molecule has 0 saturated carbocycles. The first-order valence-electron chi connectivity index (χ1n) is 17.1. The quantitative estimate of drug-likeness (QED) is 0.175. The lowest BCUT2D eigenvalue weighted by atomic mass is 9.93.